The molecule has 0 radical (unpaired) electrons. The number of ether oxygens (including phenoxy) is 1. The fourth-order valence-electron chi connectivity index (χ4n) is 1.74. The third kappa shape index (κ3) is 3.78. The molecule has 0 saturated carbocycles. The molecule has 0 unspecified atom stereocenters. The summed E-state index contributed by atoms with van der Waals surface area (Å²) in [6.45, 7) is 3.46. The van der Waals surface area contributed by atoms with Crippen molar-refractivity contribution in [2.24, 2.45) is 10.7 Å². The van der Waals surface area contributed by atoms with Gasteiger partial charge in [-0.15, -0.1) is 0 Å². The lowest BCUT2D eigenvalue weighted by atomic mass is 10.4. The van der Waals surface area contributed by atoms with E-state index in [0.717, 1.165) is 18.8 Å². The molecule has 1 saturated heterocycles. The van der Waals surface area contributed by atoms with E-state index in [1.54, 1.807) is 6.20 Å². The predicted molar refractivity (Wildman–Crippen MR) is 74.1 cm³/mol. The largest absolute Gasteiger partial charge is 0.378 e. The highest BCUT2D eigenvalue weighted by Crippen LogP contribution is 2.05. The molecule has 7 nitrogen and oxygen atoms in total. The lowest BCUT2D eigenvalue weighted by Crippen LogP contribution is -2.44. The Bertz CT molecular complexity index is 442. The summed E-state index contributed by atoms with van der Waals surface area (Å²) in [5, 5.41) is 0. The normalized spacial score (nSPS) is 16.5. The molecular formula is C12H20N6O. The third-order valence-electron chi connectivity index (χ3n) is 2.84. The van der Waals surface area contributed by atoms with E-state index in [-0.39, 0.29) is 0 Å². The van der Waals surface area contributed by atoms with E-state index < -0.39 is 0 Å². The minimum Gasteiger partial charge on any atom is -0.378 e. The van der Waals surface area contributed by atoms with Crippen molar-refractivity contribution in [3.63, 3.8) is 0 Å². The van der Waals surface area contributed by atoms with Crippen LogP contribution in [0.3, 0.4) is 0 Å². The second kappa shape index (κ2) is 6.33. The molecule has 1 aromatic rings. The highest BCUT2D eigenvalue weighted by atomic mass is 16.5. The second-order valence-corrected chi connectivity index (χ2v) is 4.52. The standard InChI is InChI=1S/C12H20N6O/c1-17(2)12-14-4-3-10(16-12)9-15-11(13)18-5-7-19-8-6-18/h3-4H,5-9H2,1-2H3,(H2,13,15). The maximum absolute atomic E-state index is 5.96. The van der Waals surface area contributed by atoms with Crippen LogP contribution in [-0.2, 0) is 11.3 Å². The van der Waals surface area contributed by atoms with Crippen molar-refractivity contribution in [3.05, 3.63) is 18.0 Å². The zero-order chi connectivity index (χ0) is 13.7. The van der Waals surface area contributed by atoms with Crippen LogP contribution in [0.5, 0.6) is 0 Å². The molecule has 19 heavy (non-hydrogen) atoms. The lowest BCUT2D eigenvalue weighted by molar-refractivity contribution is 0.0674. The first-order chi connectivity index (χ1) is 9.16. The van der Waals surface area contributed by atoms with Gasteiger partial charge < -0.3 is 20.3 Å². The van der Waals surface area contributed by atoms with Gasteiger partial charge in [-0.25, -0.2) is 15.0 Å². The van der Waals surface area contributed by atoms with Gasteiger partial charge in [-0.3, -0.25) is 0 Å². The molecule has 0 bridgehead atoms. The van der Waals surface area contributed by atoms with Crippen molar-refractivity contribution in [2.45, 2.75) is 6.54 Å². The van der Waals surface area contributed by atoms with E-state index in [0.29, 0.717) is 31.7 Å². The monoisotopic (exact) mass is 264 g/mol. The van der Waals surface area contributed by atoms with E-state index in [4.69, 9.17) is 10.5 Å². The van der Waals surface area contributed by atoms with E-state index in [2.05, 4.69) is 15.0 Å². The number of morpholine rings is 1. The molecule has 7 heteroatoms. The predicted octanol–water partition coefficient (Wildman–Crippen LogP) is -0.310. The first-order valence-corrected chi connectivity index (χ1v) is 6.28. The number of rotatable bonds is 3. The molecule has 0 amide bonds. The number of aliphatic imine (C=N–C) groups is 1. The Morgan fingerprint density at radius 1 is 1.47 bits per heavy atom. The summed E-state index contributed by atoms with van der Waals surface area (Å²) < 4.78 is 5.28. The maximum Gasteiger partial charge on any atom is 0.225 e. The van der Waals surface area contributed by atoms with E-state index in [9.17, 15) is 0 Å². The van der Waals surface area contributed by atoms with Crippen LogP contribution >= 0.6 is 0 Å². The van der Waals surface area contributed by atoms with Gasteiger partial charge in [-0.2, -0.15) is 0 Å². The number of nitrogens with two attached hydrogens (primary N) is 1. The molecule has 2 heterocycles. The summed E-state index contributed by atoms with van der Waals surface area (Å²) in [7, 11) is 3.81. The summed E-state index contributed by atoms with van der Waals surface area (Å²) >= 11 is 0. The number of hydrogen-bond donors (Lipinski definition) is 1. The van der Waals surface area contributed by atoms with Crippen LogP contribution in [0.1, 0.15) is 5.69 Å². The van der Waals surface area contributed by atoms with Crippen molar-refractivity contribution in [3.8, 4) is 0 Å². The van der Waals surface area contributed by atoms with Crippen molar-refractivity contribution in [1.29, 1.82) is 0 Å². The second-order valence-electron chi connectivity index (χ2n) is 4.52. The van der Waals surface area contributed by atoms with Gasteiger partial charge in [0.2, 0.25) is 5.95 Å². The highest BCUT2D eigenvalue weighted by molar-refractivity contribution is 5.78. The molecule has 0 aromatic carbocycles. The highest BCUT2D eigenvalue weighted by Gasteiger charge is 2.12. The van der Waals surface area contributed by atoms with Gasteiger partial charge in [0.25, 0.3) is 0 Å². The third-order valence-corrected chi connectivity index (χ3v) is 2.84. The summed E-state index contributed by atoms with van der Waals surface area (Å²) in [5.41, 5.74) is 6.82. The van der Waals surface area contributed by atoms with Crippen LogP contribution in [0.4, 0.5) is 5.95 Å². The molecule has 2 rings (SSSR count). The van der Waals surface area contributed by atoms with Crippen LogP contribution in [0.25, 0.3) is 0 Å². The SMILES string of the molecule is CN(C)c1nccc(CN=C(N)N2CCOCC2)n1. The summed E-state index contributed by atoms with van der Waals surface area (Å²) in [6, 6.07) is 1.85. The average molecular weight is 264 g/mol. The Hall–Kier alpha value is -1.89. The summed E-state index contributed by atoms with van der Waals surface area (Å²) in [5.74, 6) is 1.23. The molecule has 104 valence electrons. The zero-order valence-corrected chi connectivity index (χ0v) is 11.4. The van der Waals surface area contributed by atoms with Crippen LogP contribution < -0.4 is 10.6 Å². The van der Waals surface area contributed by atoms with Crippen LogP contribution in [0.2, 0.25) is 0 Å². The molecule has 1 fully saturated rings. The smallest absolute Gasteiger partial charge is 0.225 e. The maximum atomic E-state index is 5.96. The Morgan fingerprint density at radius 2 is 2.21 bits per heavy atom. The minimum atomic E-state index is 0.465. The first-order valence-electron chi connectivity index (χ1n) is 6.28. The molecule has 0 spiro atoms. The quantitative estimate of drug-likeness (QED) is 0.596. The average Bonchev–Trinajstić information content (AvgIpc) is 2.46. The van der Waals surface area contributed by atoms with Gasteiger partial charge in [0, 0.05) is 33.4 Å². The molecular weight excluding hydrogens is 244 g/mol. The molecule has 2 N–H and O–H groups in total. The number of aromatic nitrogens is 2. The van der Waals surface area contributed by atoms with Crippen molar-refractivity contribution in [2.75, 3.05) is 45.3 Å². The Labute approximate surface area is 113 Å². The van der Waals surface area contributed by atoms with Crippen molar-refractivity contribution >= 4 is 11.9 Å². The number of guanidine groups is 1. The van der Waals surface area contributed by atoms with Crippen LogP contribution in [0, 0.1) is 0 Å². The zero-order valence-electron chi connectivity index (χ0n) is 11.4. The fourth-order valence-corrected chi connectivity index (χ4v) is 1.74. The molecule has 1 aromatic heterocycles. The molecule has 0 atom stereocenters. The summed E-state index contributed by atoms with van der Waals surface area (Å²) in [4.78, 5) is 16.8. The number of hydrogen-bond acceptors (Lipinski definition) is 5. The van der Waals surface area contributed by atoms with Crippen LogP contribution in [-0.4, -0.2) is 61.2 Å². The summed E-state index contributed by atoms with van der Waals surface area (Å²) in [6.07, 6.45) is 1.73. The van der Waals surface area contributed by atoms with E-state index in [1.165, 1.54) is 0 Å². The topological polar surface area (TPSA) is 79.9 Å². The number of anilines is 1. The minimum absolute atomic E-state index is 0.465. The van der Waals surface area contributed by atoms with Gasteiger partial charge in [0.15, 0.2) is 5.96 Å². The lowest BCUT2D eigenvalue weighted by Gasteiger charge is -2.27. The van der Waals surface area contributed by atoms with Gasteiger partial charge in [0.1, 0.15) is 0 Å². The van der Waals surface area contributed by atoms with Gasteiger partial charge >= 0.3 is 0 Å². The first kappa shape index (κ1) is 13.5. The fraction of sp³-hybridized carbons (Fsp3) is 0.583. The Morgan fingerprint density at radius 3 is 2.89 bits per heavy atom. The van der Waals surface area contributed by atoms with Crippen molar-refractivity contribution in [1.82, 2.24) is 14.9 Å². The van der Waals surface area contributed by atoms with Crippen molar-refractivity contribution < 1.29 is 4.74 Å². The van der Waals surface area contributed by atoms with E-state index in [1.807, 2.05) is 30.0 Å². The Kier molecular flexibility index (Phi) is 4.51. The van der Waals surface area contributed by atoms with Gasteiger partial charge in [-0.05, 0) is 6.07 Å². The van der Waals surface area contributed by atoms with Gasteiger partial charge in [-0.1, -0.05) is 0 Å². The number of nitrogens with zero attached hydrogens (tertiary/aromatic N) is 5. The van der Waals surface area contributed by atoms with E-state index >= 15 is 0 Å². The Balaban J connectivity index is 1.98. The molecule has 1 aliphatic rings. The van der Waals surface area contributed by atoms with Gasteiger partial charge in [0.05, 0.1) is 25.5 Å². The molecule has 0 aliphatic carbocycles. The molecule has 1 aliphatic heterocycles. The van der Waals surface area contributed by atoms with Crippen LogP contribution in [0.15, 0.2) is 17.3 Å².